The second-order valence-corrected chi connectivity index (χ2v) is 18.4. The number of nitrogens with two attached hydrogens (primary N) is 2. The molecule has 2 saturated heterocycles. The topological polar surface area (TPSA) is 197 Å². The minimum absolute atomic E-state index is 0.205. The van der Waals surface area contributed by atoms with Crippen molar-refractivity contribution in [3.8, 4) is 34.0 Å². The largest absolute Gasteiger partial charge is 0.475 e. The van der Waals surface area contributed by atoms with Crippen LogP contribution in [0.2, 0.25) is 0 Å². The van der Waals surface area contributed by atoms with E-state index < -0.39 is 0 Å². The van der Waals surface area contributed by atoms with Gasteiger partial charge in [0.2, 0.25) is 11.8 Å². The quantitative estimate of drug-likeness (QED) is 0.0579. The van der Waals surface area contributed by atoms with Gasteiger partial charge in [-0.15, -0.1) is 0 Å². The number of likely N-dealkylation sites (tertiary alicyclic amines) is 2. The van der Waals surface area contributed by atoms with Crippen molar-refractivity contribution in [2.75, 3.05) is 77.8 Å². The Morgan fingerprint density at radius 3 is 1.64 bits per heavy atom. The van der Waals surface area contributed by atoms with E-state index in [0.29, 0.717) is 85.9 Å². The molecule has 0 spiro atoms. The number of methoxy groups -OCH3 is 1. The van der Waals surface area contributed by atoms with Gasteiger partial charge in [-0.05, 0) is 95.4 Å². The summed E-state index contributed by atoms with van der Waals surface area (Å²) in [6.07, 6.45) is 3.64. The van der Waals surface area contributed by atoms with Gasteiger partial charge in [0.15, 0.2) is 11.6 Å². The minimum atomic E-state index is -0.266. The Labute approximate surface area is 405 Å². The molecule has 0 radical (unpaired) electrons. The van der Waals surface area contributed by atoms with Gasteiger partial charge in [-0.2, -0.15) is 9.97 Å². The van der Waals surface area contributed by atoms with Gasteiger partial charge in [-0.3, -0.25) is 18.9 Å². The van der Waals surface area contributed by atoms with Crippen LogP contribution in [-0.2, 0) is 35.7 Å². The number of aromatic nitrogens is 6. The van der Waals surface area contributed by atoms with E-state index in [1.165, 1.54) is 42.6 Å². The highest BCUT2D eigenvalue weighted by molar-refractivity contribution is 5.86. The molecule has 2 fully saturated rings. The molecule has 6 N–H and O–H groups in total. The number of rotatable bonds is 20. The number of fused-ring (bicyclic) bond motifs is 2. The van der Waals surface area contributed by atoms with Crippen LogP contribution in [0.1, 0.15) is 41.5 Å². The molecule has 2 aliphatic rings. The number of hydrogen-bond donors (Lipinski definition) is 4. The molecule has 16 heteroatoms. The van der Waals surface area contributed by atoms with E-state index in [-0.39, 0.29) is 23.0 Å². The van der Waals surface area contributed by atoms with E-state index in [9.17, 15) is 9.59 Å². The van der Waals surface area contributed by atoms with Crippen molar-refractivity contribution < 1.29 is 18.9 Å². The number of benzene rings is 4. The van der Waals surface area contributed by atoms with E-state index in [1.54, 1.807) is 28.4 Å². The third-order valence-electron chi connectivity index (χ3n) is 13.4. The third kappa shape index (κ3) is 10.8. The number of hydrogen-bond acceptors (Lipinski definition) is 12. The third-order valence-corrected chi connectivity index (χ3v) is 13.4. The molecule has 0 aliphatic carbocycles. The smallest absolute Gasteiger partial charge is 0.326 e. The minimum Gasteiger partial charge on any atom is -0.475 e. The highest BCUT2D eigenvalue weighted by atomic mass is 16.5. The molecule has 0 amide bonds. The summed E-state index contributed by atoms with van der Waals surface area (Å²) in [5.41, 5.74) is 23.3. The maximum absolute atomic E-state index is 13.1. The molecule has 2 aliphatic heterocycles. The molecule has 1 unspecified atom stereocenters. The molecule has 1 atom stereocenters. The summed E-state index contributed by atoms with van der Waals surface area (Å²) >= 11 is 0. The van der Waals surface area contributed by atoms with Crippen molar-refractivity contribution in [1.29, 1.82) is 0 Å². The van der Waals surface area contributed by atoms with Gasteiger partial charge < -0.3 is 40.4 Å². The van der Waals surface area contributed by atoms with E-state index in [1.807, 2.05) is 12.1 Å². The van der Waals surface area contributed by atoms with Crippen molar-refractivity contribution in [2.24, 2.45) is 5.92 Å². The van der Waals surface area contributed by atoms with Crippen LogP contribution >= 0.6 is 0 Å². The Bertz CT molecular complexity index is 3170. The van der Waals surface area contributed by atoms with Crippen molar-refractivity contribution in [3.05, 3.63) is 152 Å². The van der Waals surface area contributed by atoms with Crippen molar-refractivity contribution in [3.63, 3.8) is 0 Å². The lowest BCUT2D eigenvalue weighted by Gasteiger charge is -2.17. The summed E-state index contributed by atoms with van der Waals surface area (Å²) in [5, 5.41) is 0. The molecular weight excluding hydrogens is 885 g/mol. The number of anilines is 2. The normalized spacial score (nSPS) is 15.4. The highest BCUT2D eigenvalue weighted by Gasteiger charge is 2.23. The van der Waals surface area contributed by atoms with Crippen LogP contribution in [0, 0.1) is 5.92 Å². The summed E-state index contributed by atoms with van der Waals surface area (Å²) in [5.74, 6) is 1.52. The Kier molecular flexibility index (Phi) is 14.1. The molecule has 0 bridgehead atoms. The molecule has 362 valence electrons. The zero-order valence-corrected chi connectivity index (χ0v) is 39.6. The first-order valence-corrected chi connectivity index (χ1v) is 24.1. The average molecular weight is 945 g/mol. The lowest BCUT2D eigenvalue weighted by atomic mass is 10.0. The number of pyridine rings is 2. The number of ether oxygens (including phenoxy) is 4. The molecule has 0 saturated carbocycles. The second kappa shape index (κ2) is 21.2. The number of nitrogens with zero attached hydrogens (tertiary/aromatic N) is 6. The first-order valence-electron chi connectivity index (χ1n) is 24.1. The fourth-order valence-corrected chi connectivity index (χ4v) is 9.72. The zero-order chi connectivity index (χ0) is 48.0. The van der Waals surface area contributed by atoms with Gasteiger partial charge in [0.1, 0.15) is 24.2 Å². The fourth-order valence-electron chi connectivity index (χ4n) is 9.72. The van der Waals surface area contributed by atoms with Gasteiger partial charge in [-0.1, -0.05) is 91.0 Å². The van der Waals surface area contributed by atoms with Gasteiger partial charge in [0.25, 0.3) is 0 Å². The van der Waals surface area contributed by atoms with Crippen LogP contribution in [0.5, 0.6) is 11.8 Å². The monoisotopic (exact) mass is 944 g/mol. The Balaban J connectivity index is 0.682. The van der Waals surface area contributed by atoms with Crippen molar-refractivity contribution >= 4 is 33.7 Å². The van der Waals surface area contributed by atoms with Crippen LogP contribution in [0.25, 0.3) is 44.3 Å². The molecule has 6 heterocycles. The summed E-state index contributed by atoms with van der Waals surface area (Å²) in [4.78, 5) is 45.5. The predicted molar refractivity (Wildman–Crippen MR) is 273 cm³/mol. The Hall–Kier alpha value is -7.24. The molecule has 70 heavy (non-hydrogen) atoms. The maximum Gasteiger partial charge on any atom is 0.326 e. The molecule has 16 nitrogen and oxygen atoms in total. The Morgan fingerprint density at radius 1 is 0.571 bits per heavy atom. The van der Waals surface area contributed by atoms with Gasteiger partial charge >= 0.3 is 11.4 Å². The molecule has 4 aromatic carbocycles. The maximum atomic E-state index is 13.1. The lowest BCUT2D eigenvalue weighted by Crippen LogP contribution is -2.22. The second-order valence-electron chi connectivity index (χ2n) is 18.4. The fraction of sp³-hybridized carbons (Fsp3) is 0.333. The average Bonchev–Trinajstić information content (AvgIpc) is 4.18. The summed E-state index contributed by atoms with van der Waals surface area (Å²) < 4.78 is 26.2. The highest BCUT2D eigenvalue weighted by Crippen LogP contribution is 2.28. The number of imidazole rings is 2. The molecular formula is C54H60N10O6. The van der Waals surface area contributed by atoms with Crippen LogP contribution < -0.4 is 32.3 Å². The van der Waals surface area contributed by atoms with E-state index >= 15 is 0 Å². The molecule has 8 aromatic rings. The first-order chi connectivity index (χ1) is 34.2. The molecule has 4 aromatic heterocycles. The van der Waals surface area contributed by atoms with Crippen LogP contribution in [0.15, 0.2) is 119 Å². The number of nitrogen functional groups attached to an aromatic ring is 2. The van der Waals surface area contributed by atoms with Crippen molar-refractivity contribution in [2.45, 2.75) is 45.4 Å². The molecule has 10 rings (SSSR count). The van der Waals surface area contributed by atoms with E-state index in [0.717, 1.165) is 60.4 Å². The van der Waals surface area contributed by atoms with Gasteiger partial charge in [0, 0.05) is 38.9 Å². The van der Waals surface area contributed by atoms with Crippen LogP contribution in [0.3, 0.4) is 0 Å². The first kappa shape index (κ1) is 46.5. The van der Waals surface area contributed by atoms with Crippen LogP contribution in [-0.4, -0.2) is 105 Å². The SMILES string of the molecule is COCCOc1cc2c([nH]c(=O)n2Cc2ccc(-c3cccc(CN4CCC(COCCOc5cc6c([nH]c(=O)n6Cc6ccc(-c7ccc(CN8CCCC8)cc7)cc6)c(N)n5)C4)c3)cc2)c(N)n1. The van der Waals surface area contributed by atoms with Gasteiger partial charge in [-0.25, -0.2) is 9.59 Å². The number of H-pyrrole nitrogens is 2. The summed E-state index contributed by atoms with van der Waals surface area (Å²) in [6.45, 7) is 8.99. The van der Waals surface area contributed by atoms with Gasteiger partial charge in [0.05, 0.1) is 43.9 Å². The summed E-state index contributed by atoms with van der Waals surface area (Å²) in [6, 6.07) is 37.6. The standard InChI is InChI=1S/C54H60N10O6/c1-67-23-25-69-47-28-45-49(51(55)57-47)59-54(66)64(45)34-38-11-17-43(18-12-38)44-6-4-5-39(27-44)31-62-22-19-40(32-62)35-68-24-26-70-48-29-46-50(52(56)58-48)60-53(65)63(46)33-37-9-15-42(16-10-37)41-13-7-36(8-14-41)30-61-20-2-3-21-61/h4-18,27-29,40H,2-3,19-26,30-35H2,1H3,(H2,55,57)(H2,56,58)(H,59,66)(H,60,65). The van der Waals surface area contributed by atoms with Crippen molar-refractivity contribution in [1.82, 2.24) is 38.9 Å². The Morgan fingerprint density at radius 2 is 1.09 bits per heavy atom. The van der Waals surface area contributed by atoms with E-state index in [4.69, 9.17) is 30.4 Å². The van der Waals surface area contributed by atoms with E-state index in [2.05, 4.69) is 115 Å². The summed E-state index contributed by atoms with van der Waals surface area (Å²) in [7, 11) is 1.60. The number of aromatic amines is 2. The number of nitrogens with one attached hydrogen (secondary N) is 2. The predicted octanol–water partition coefficient (Wildman–Crippen LogP) is 6.90. The zero-order valence-electron chi connectivity index (χ0n) is 39.6. The lowest BCUT2D eigenvalue weighted by molar-refractivity contribution is 0.0742. The van der Waals surface area contributed by atoms with Crippen LogP contribution in [0.4, 0.5) is 11.6 Å².